The Kier molecular flexibility index (Phi) is 9.26. The lowest BCUT2D eigenvalue weighted by Gasteiger charge is -2.32. The average molecular weight is 517 g/mol. The number of nitrogens with two attached hydrogens (primary N) is 1. The highest BCUT2D eigenvalue weighted by atomic mass is 127. The normalized spacial score (nSPS) is 15.8. The third-order valence-electron chi connectivity index (χ3n) is 4.56. The number of furan rings is 1. The topological polar surface area (TPSA) is 95.9 Å². The van der Waals surface area contributed by atoms with Crippen molar-refractivity contribution in [2.75, 3.05) is 19.6 Å². The number of piperidine rings is 1. The van der Waals surface area contributed by atoms with Crippen LogP contribution in [0.5, 0.6) is 0 Å². The molecular formula is C19H28IN5O2S. The van der Waals surface area contributed by atoms with Gasteiger partial charge in [-0.25, -0.2) is 4.99 Å². The summed E-state index contributed by atoms with van der Waals surface area (Å²) in [5.41, 5.74) is 6.61. The second kappa shape index (κ2) is 11.4. The summed E-state index contributed by atoms with van der Waals surface area (Å²) in [7, 11) is 0. The van der Waals surface area contributed by atoms with Gasteiger partial charge in [-0.15, -0.1) is 24.0 Å². The Hall–Kier alpha value is -1.59. The maximum atomic E-state index is 11.1. The third kappa shape index (κ3) is 6.78. The van der Waals surface area contributed by atoms with Crippen molar-refractivity contribution in [1.82, 2.24) is 15.5 Å². The predicted molar refractivity (Wildman–Crippen MR) is 123 cm³/mol. The van der Waals surface area contributed by atoms with Crippen LogP contribution in [0.1, 0.15) is 41.6 Å². The highest BCUT2D eigenvalue weighted by Crippen LogP contribution is 2.15. The summed E-state index contributed by atoms with van der Waals surface area (Å²) < 4.78 is 5.38. The molecule has 1 amide bonds. The predicted octanol–water partition coefficient (Wildman–Crippen LogP) is 2.78. The van der Waals surface area contributed by atoms with Crippen molar-refractivity contribution in [2.24, 2.45) is 10.7 Å². The number of amides is 1. The number of carbonyl (C=O) groups is 1. The summed E-state index contributed by atoms with van der Waals surface area (Å²) in [5, 5.41) is 11.1. The molecule has 3 rings (SSSR count). The Morgan fingerprint density at radius 3 is 2.75 bits per heavy atom. The smallest absolute Gasteiger partial charge is 0.284 e. The summed E-state index contributed by atoms with van der Waals surface area (Å²) in [6.45, 7) is 6.37. The molecule has 0 radical (unpaired) electrons. The second-order valence-corrected chi connectivity index (χ2v) is 7.43. The van der Waals surface area contributed by atoms with Crippen LogP contribution >= 0.6 is 35.3 Å². The van der Waals surface area contributed by atoms with Gasteiger partial charge in [-0.05, 0) is 54.3 Å². The third-order valence-corrected chi connectivity index (χ3v) is 5.29. The molecule has 154 valence electrons. The monoisotopic (exact) mass is 517 g/mol. The van der Waals surface area contributed by atoms with Crippen molar-refractivity contribution in [1.29, 1.82) is 0 Å². The lowest BCUT2D eigenvalue weighted by atomic mass is 10.0. The molecule has 1 saturated heterocycles. The van der Waals surface area contributed by atoms with Gasteiger partial charge >= 0.3 is 0 Å². The summed E-state index contributed by atoms with van der Waals surface area (Å²) in [6.07, 6.45) is 2.17. The number of primary amides is 1. The van der Waals surface area contributed by atoms with E-state index in [1.165, 1.54) is 5.56 Å². The number of carbonyl (C=O) groups excluding carboxylic acids is 1. The van der Waals surface area contributed by atoms with Gasteiger partial charge < -0.3 is 20.8 Å². The Bertz CT molecular complexity index is 754. The summed E-state index contributed by atoms with van der Waals surface area (Å²) in [6, 6.07) is 5.91. The first-order valence-electron chi connectivity index (χ1n) is 9.31. The van der Waals surface area contributed by atoms with Crippen molar-refractivity contribution in [3.8, 4) is 0 Å². The van der Waals surface area contributed by atoms with Crippen molar-refractivity contribution < 1.29 is 9.21 Å². The standard InChI is InChI=1S/C19H27N5O2S.HI/c1-2-21-19(22-11-16-3-4-17(26-16)18(20)25)23-15-5-8-24(9-6-15)12-14-7-10-27-13-14;/h3-4,7,10,13,15H,2,5-6,8-9,11-12H2,1H3,(H2,20,25)(H2,21,22,23);1H. The molecule has 0 unspecified atom stereocenters. The van der Waals surface area contributed by atoms with Gasteiger partial charge in [-0.2, -0.15) is 11.3 Å². The van der Waals surface area contributed by atoms with Crippen LogP contribution in [-0.2, 0) is 13.1 Å². The molecule has 2 aromatic heterocycles. The Labute approximate surface area is 186 Å². The van der Waals surface area contributed by atoms with Gasteiger partial charge in [-0.3, -0.25) is 9.69 Å². The first-order chi connectivity index (χ1) is 13.1. The molecular weight excluding hydrogens is 489 g/mol. The molecule has 0 saturated carbocycles. The quantitative estimate of drug-likeness (QED) is 0.298. The van der Waals surface area contributed by atoms with Crippen LogP contribution in [0.25, 0.3) is 0 Å². The molecule has 2 aromatic rings. The van der Waals surface area contributed by atoms with E-state index in [4.69, 9.17) is 10.2 Å². The van der Waals surface area contributed by atoms with Crippen LogP contribution in [-0.4, -0.2) is 42.4 Å². The van der Waals surface area contributed by atoms with Gasteiger partial charge in [-0.1, -0.05) is 0 Å². The summed E-state index contributed by atoms with van der Waals surface area (Å²) in [4.78, 5) is 18.2. The molecule has 0 atom stereocenters. The fourth-order valence-corrected chi connectivity index (χ4v) is 3.80. The van der Waals surface area contributed by atoms with Crippen molar-refractivity contribution in [2.45, 2.75) is 38.9 Å². The molecule has 9 heteroatoms. The molecule has 0 spiro atoms. The number of thiophene rings is 1. The minimum absolute atomic E-state index is 0. The van der Waals surface area contributed by atoms with Gasteiger partial charge in [0.1, 0.15) is 12.3 Å². The average Bonchev–Trinajstić information content (AvgIpc) is 3.33. The van der Waals surface area contributed by atoms with E-state index in [9.17, 15) is 4.79 Å². The zero-order valence-electron chi connectivity index (χ0n) is 16.0. The van der Waals surface area contributed by atoms with Crippen LogP contribution < -0.4 is 16.4 Å². The van der Waals surface area contributed by atoms with Gasteiger partial charge in [0.2, 0.25) is 0 Å². The zero-order chi connectivity index (χ0) is 19.1. The molecule has 7 nitrogen and oxygen atoms in total. The van der Waals surface area contributed by atoms with Gasteiger partial charge in [0.25, 0.3) is 5.91 Å². The molecule has 0 aliphatic carbocycles. The van der Waals surface area contributed by atoms with E-state index in [1.807, 2.05) is 6.92 Å². The molecule has 3 heterocycles. The van der Waals surface area contributed by atoms with E-state index >= 15 is 0 Å². The van der Waals surface area contributed by atoms with Gasteiger partial charge in [0, 0.05) is 32.2 Å². The number of guanidine groups is 1. The maximum absolute atomic E-state index is 11.1. The van der Waals surface area contributed by atoms with Crippen LogP contribution in [0, 0.1) is 0 Å². The Balaban J connectivity index is 0.00000280. The molecule has 1 aliphatic heterocycles. The lowest BCUT2D eigenvalue weighted by molar-refractivity contribution is 0.0972. The first-order valence-corrected chi connectivity index (χ1v) is 10.2. The molecule has 4 N–H and O–H groups in total. The van der Waals surface area contributed by atoms with Gasteiger partial charge in [0.15, 0.2) is 11.7 Å². The fraction of sp³-hybridized carbons (Fsp3) is 0.474. The number of rotatable bonds is 7. The van der Waals surface area contributed by atoms with Crippen LogP contribution in [0.4, 0.5) is 0 Å². The fourth-order valence-electron chi connectivity index (χ4n) is 3.14. The molecule has 1 aliphatic rings. The van der Waals surface area contributed by atoms with Crippen molar-refractivity contribution in [3.05, 3.63) is 46.0 Å². The highest BCUT2D eigenvalue weighted by molar-refractivity contribution is 14.0. The van der Waals surface area contributed by atoms with E-state index in [1.54, 1.807) is 23.5 Å². The lowest BCUT2D eigenvalue weighted by Crippen LogP contribution is -2.48. The van der Waals surface area contributed by atoms with Crippen LogP contribution in [0.2, 0.25) is 0 Å². The van der Waals surface area contributed by atoms with E-state index < -0.39 is 5.91 Å². The van der Waals surface area contributed by atoms with E-state index in [-0.39, 0.29) is 29.7 Å². The number of hydrogen-bond donors (Lipinski definition) is 3. The number of aliphatic imine (C=N–C) groups is 1. The minimum atomic E-state index is -0.565. The Morgan fingerprint density at radius 2 is 2.14 bits per heavy atom. The van der Waals surface area contributed by atoms with E-state index in [2.05, 4.69) is 37.4 Å². The molecule has 1 fully saturated rings. The molecule has 0 bridgehead atoms. The SMILES string of the molecule is CCNC(=NCc1ccc(C(N)=O)o1)NC1CCN(Cc2ccsc2)CC1.I. The molecule has 28 heavy (non-hydrogen) atoms. The van der Waals surface area contributed by atoms with E-state index in [0.717, 1.165) is 45.0 Å². The summed E-state index contributed by atoms with van der Waals surface area (Å²) >= 11 is 1.75. The number of likely N-dealkylation sites (tertiary alicyclic amines) is 1. The first kappa shape index (κ1) is 22.7. The van der Waals surface area contributed by atoms with Crippen LogP contribution in [0.3, 0.4) is 0 Å². The number of halogens is 1. The summed E-state index contributed by atoms with van der Waals surface area (Å²) in [5.74, 6) is 0.984. The van der Waals surface area contributed by atoms with Crippen molar-refractivity contribution >= 4 is 47.2 Å². The van der Waals surface area contributed by atoms with Crippen LogP contribution in [0.15, 0.2) is 38.4 Å². The highest BCUT2D eigenvalue weighted by Gasteiger charge is 2.20. The molecule has 0 aromatic carbocycles. The number of nitrogens with zero attached hydrogens (tertiary/aromatic N) is 2. The van der Waals surface area contributed by atoms with Gasteiger partial charge in [0.05, 0.1) is 0 Å². The Morgan fingerprint density at radius 1 is 1.36 bits per heavy atom. The minimum Gasteiger partial charge on any atom is -0.454 e. The number of hydrogen-bond acceptors (Lipinski definition) is 5. The maximum Gasteiger partial charge on any atom is 0.284 e. The number of nitrogens with one attached hydrogen (secondary N) is 2. The van der Waals surface area contributed by atoms with Crippen molar-refractivity contribution in [3.63, 3.8) is 0 Å². The van der Waals surface area contributed by atoms with E-state index in [0.29, 0.717) is 18.3 Å². The second-order valence-electron chi connectivity index (χ2n) is 6.65. The largest absolute Gasteiger partial charge is 0.454 e. The zero-order valence-corrected chi connectivity index (χ0v) is 19.2.